The molecule has 2 aromatic carbocycles. The number of amides is 1. The topological polar surface area (TPSA) is 91.3 Å². The smallest absolute Gasteiger partial charge is 0.260 e. The number of carbonyl (C=O) groups is 1. The summed E-state index contributed by atoms with van der Waals surface area (Å²) in [6, 6.07) is 12.0. The highest BCUT2D eigenvalue weighted by atomic mass is 79.9. The van der Waals surface area contributed by atoms with E-state index in [1.165, 1.54) is 13.3 Å². The van der Waals surface area contributed by atoms with Gasteiger partial charge in [0.2, 0.25) is 10.0 Å². The van der Waals surface area contributed by atoms with Crippen molar-refractivity contribution in [2.24, 2.45) is 5.10 Å². The number of anilines is 2. The van der Waals surface area contributed by atoms with Gasteiger partial charge in [0.05, 0.1) is 31.0 Å². The van der Waals surface area contributed by atoms with Crippen molar-refractivity contribution in [1.82, 2.24) is 5.43 Å². The molecule has 0 fully saturated rings. The van der Waals surface area contributed by atoms with Gasteiger partial charge < -0.3 is 9.64 Å². The maximum Gasteiger partial charge on any atom is 0.260 e. The molecule has 0 spiro atoms. The van der Waals surface area contributed by atoms with Gasteiger partial charge in [-0.2, -0.15) is 5.10 Å². The van der Waals surface area contributed by atoms with Gasteiger partial charge in [0.15, 0.2) is 0 Å². The average Bonchev–Trinajstić information content (AvgIpc) is 2.65. The zero-order chi connectivity index (χ0) is 21.6. The molecule has 1 amide bonds. The van der Waals surface area contributed by atoms with Crippen LogP contribution in [0.15, 0.2) is 52.0 Å². The molecule has 0 aliphatic carbocycles. The predicted molar refractivity (Wildman–Crippen MR) is 119 cm³/mol. The fourth-order valence-corrected chi connectivity index (χ4v) is 4.07. The van der Waals surface area contributed by atoms with E-state index in [9.17, 15) is 13.2 Å². The number of sulfonamides is 1. The Balaban J connectivity index is 2.06. The van der Waals surface area contributed by atoms with Crippen molar-refractivity contribution in [2.45, 2.75) is 0 Å². The summed E-state index contributed by atoms with van der Waals surface area (Å²) in [5, 5.41) is 3.91. The van der Waals surface area contributed by atoms with Crippen molar-refractivity contribution in [1.29, 1.82) is 0 Å². The van der Waals surface area contributed by atoms with Gasteiger partial charge in [0, 0.05) is 18.6 Å². The van der Waals surface area contributed by atoms with E-state index in [0.717, 1.165) is 26.3 Å². The van der Waals surface area contributed by atoms with E-state index in [1.807, 2.05) is 37.2 Å². The summed E-state index contributed by atoms with van der Waals surface area (Å²) in [6.45, 7) is -0.397. The third-order valence-electron chi connectivity index (χ3n) is 3.90. The van der Waals surface area contributed by atoms with Gasteiger partial charge in [0.25, 0.3) is 5.91 Å². The standard InChI is InChI=1S/C19H23BrN4O4S/c1-23(2)18-10-5-14(11-17(18)20)12-21-22-19(25)13-24(29(4,26)27)15-6-8-16(28-3)9-7-15/h5-12H,13H2,1-4H3,(H,22,25)/b21-12-. The summed E-state index contributed by atoms with van der Waals surface area (Å²) >= 11 is 3.49. The lowest BCUT2D eigenvalue weighted by Gasteiger charge is -2.21. The minimum atomic E-state index is -3.66. The minimum absolute atomic E-state index is 0.357. The molecule has 0 bridgehead atoms. The van der Waals surface area contributed by atoms with Crippen LogP contribution in [0.4, 0.5) is 11.4 Å². The van der Waals surface area contributed by atoms with Gasteiger partial charge in [-0.3, -0.25) is 9.10 Å². The molecule has 2 aromatic rings. The summed E-state index contributed by atoms with van der Waals surface area (Å²) in [6.07, 6.45) is 2.53. The van der Waals surface area contributed by atoms with Crippen LogP contribution in [0.25, 0.3) is 0 Å². The summed E-state index contributed by atoms with van der Waals surface area (Å²) in [5.41, 5.74) is 4.50. The van der Waals surface area contributed by atoms with Crippen LogP contribution in [-0.2, 0) is 14.8 Å². The zero-order valence-electron chi connectivity index (χ0n) is 16.6. The highest BCUT2D eigenvalue weighted by molar-refractivity contribution is 9.10. The SMILES string of the molecule is COc1ccc(N(CC(=O)N/N=C\c2ccc(N(C)C)c(Br)c2)S(C)(=O)=O)cc1. The van der Waals surface area contributed by atoms with Gasteiger partial charge in [0.1, 0.15) is 12.3 Å². The number of hydrogen-bond donors (Lipinski definition) is 1. The predicted octanol–water partition coefficient (Wildman–Crippen LogP) is 2.44. The van der Waals surface area contributed by atoms with E-state index in [2.05, 4.69) is 26.5 Å². The number of hydrogen-bond acceptors (Lipinski definition) is 6. The quantitative estimate of drug-likeness (QED) is 0.460. The van der Waals surface area contributed by atoms with Crippen molar-refractivity contribution < 1.29 is 17.9 Å². The third kappa shape index (κ3) is 6.47. The number of rotatable bonds is 8. The highest BCUT2D eigenvalue weighted by Gasteiger charge is 2.20. The molecule has 0 heterocycles. The molecule has 0 aromatic heterocycles. The maximum atomic E-state index is 12.2. The maximum absolute atomic E-state index is 12.2. The lowest BCUT2D eigenvalue weighted by atomic mass is 10.2. The first-order valence-electron chi connectivity index (χ1n) is 8.52. The normalized spacial score (nSPS) is 11.3. The molecule has 29 heavy (non-hydrogen) atoms. The fraction of sp³-hybridized carbons (Fsp3) is 0.263. The summed E-state index contributed by atoms with van der Waals surface area (Å²) in [7, 11) is 1.73. The lowest BCUT2D eigenvalue weighted by Crippen LogP contribution is -2.39. The van der Waals surface area contributed by atoms with E-state index >= 15 is 0 Å². The Morgan fingerprint density at radius 1 is 1.21 bits per heavy atom. The van der Waals surface area contributed by atoms with Crippen LogP contribution in [-0.4, -0.2) is 54.5 Å². The zero-order valence-corrected chi connectivity index (χ0v) is 19.0. The van der Waals surface area contributed by atoms with E-state index in [0.29, 0.717) is 11.4 Å². The second-order valence-corrected chi connectivity index (χ2v) is 9.13. The van der Waals surface area contributed by atoms with Gasteiger partial charge in [-0.15, -0.1) is 0 Å². The lowest BCUT2D eigenvalue weighted by molar-refractivity contribution is -0.119. The number of nitrogens with one attached hydrogen (secondary N) is 1. The molecule has 0 saturated heterocycles. The number of ether oxygens (including phenoxy) is 1. The molecule has 156 valence electrons. The Morgan fingerprint density at radius 2 is 1.86 bits per heavy atom. The van der Waals surface area contributed by atoms with Crippen LogP contribution in [0.2, 0.25) is 0 Å². The van der Waals surface area contributed by atoms with Crippen LogP contribution < -0.4 is 19.4 Å². The minimum Gasteiger partial charge on any atom is -0.497 e. The number of methoxy groups -OCH3 is 1. The molecule has 0 aliphatic heterocycles. The van der Waals surface area contributed by atoms with Crippen LogP contribution in [0.3, 0.4) is 0 Å². The summed E-state index contributed by atoms with van der Waals surface area (Å²) in [5.74, 6) is 0.0224. The van der Waals surface area contributed by atoms with Crippen LogP contribution in [0.1, 0.15) is 5.56 Å². The molecular weight excluding hydrogens is 460 g/mol. The Bertz CT molecular complexity index is 992. The first kappa shape index (κ1) is 22.7. The summed E-state index contributed by atoms with van der Waals surface area (Å²) < 4.78 is 31.2. The van der Waals surface area contributed by atoms with Crippen LogP contribution in [0.5, 0.6) is 5.75 Å². The number of nitrogens with zero attached hydrogens (tertiary/aromatic N) is 3. The van der Waals surface area contributed by atoms with Crippen molar-refractivity contribution in [3.8, 4) is 5.75 Å². The second kappa shape index (κ2) is 9.75. The first-order valence-corrected chi connectivity index (χ1v) is 11.2. The van der Waals surface area contributed by atoms with Crippen molar-refractivity contribution in [3.63, 3.8) is 0 Å². The Labute approximate surface area is 179 Å². The second-order valence-electron chi connectivity index (χ2n) is 6.37. The molecule has 0 saturated carbocycles. The molecule has 2 rings (SSSR count). The average molecular weight is 483 g/mol. The van der Waals surface area contributed by atoms with Crippen LogP contribution in [0, 0.1) is 0 Å². The number of halogens is 1. The Morgan fingerprint density at radius 3 is 2.38 bits per heavy atom. The van der Waals surface area contributed by atoms with Crippen molar-refractivity contribution in [2.75, 3.05) is 43.2 Å². The van der Waals surface area contributed by atoms with E-state index in [-0.39, 0.29) is 0 Å². The van der Waals surface area contributed by atoms with Gasteiger partial charge in [-0.05, 0) is 57.9 Å². The molecule has 0 atom stereocenters. The van der Waals surface area contributed by atoms with Gasteiger partial charge >= 0.3 is 0 Å². The number of hydrazone groups is 1. The Kier molecular flexibility index (Phi) is 7.63. The first-order chi connectivity index (χ1) is 13.6. The molecule has 10 heteroatoms. The fourth-order valence-electron chi connectivity index (χ4n) is 2.46. The Hall–Kier alpha value is -2.59. The summed E-state index contributed by atoms with van der Waals surface area (Å²) in [4.78, 5) is 14.2. The molecule has 0 aliphatic rings. The molecular formula is C19H23BrN4O4S. The van der Waals surface area contributed by atoms with E-state index in [4.69, 9.17) is 4.74 Å². The van der Waals surface area contributed by atoms with Gasteiger partial charge in [-0.1, -0.05) is 6.07 Å². The molecule has 1 N–H and O–H groups in total. The highest BCUT2D eigenvalue weighted by Crippen LogP contribution is 2.25. The largest absolute Gasteiger partial charge is 0.497 e. The van der Waals surface area contributed by atoms with Crippen molar-refractivity contribution in [3.05, 3.63) is 52.5 Å². The van der Waals surface area contributed by atoms with Crippen LogP contribution >= 0.6 is 15.9 Å². The van der Waals surface area contributed by atoms with E-state index < -0.39 is 22.5 Å². The molecule has 8 nitrogen and oxygen atoms in total. The van der Waals surface area contributed by atoms with Gasteiger partial charge in [-0.25, -0.2) is 13.8 Å². The van der Waals surface area contributed by atoms with Crippen molar-refractivity contribution >= 4 is 49.4 Å². The third-order valence-corrected chi connectivity index (χ3v) is 5.68. The van der Waals surface area contributed by atoms with E-state index in [1.54, 1.807) is 24.3 Å². The monoisotopic (exact) mass is 482 g/mol. The number of carbonyl (C=O) groups excluding carboxylic acids is 1. The molecule has 0 unspecified atom stereocenters. The number of benzene rings is 2. The molecule has 0 radical (unpaired) electrons.